The Labute approximate surface area is 254 Å². The number of methoxy groups -OCH3 is 1. The number of H-pyrrole nitrogens is 1. The number of aromatic nitrogens is 3. The Morgan fingerprint density at radius 3 is 2.30 bits per heavy atom. The van der Waals surface area contributed by atoms with Crippen LogP contribution in [0.25, 0.3) is 33.4 Å². The first kappa shape index (κ1) is 28.6. The summed E-state index contributed by atoms with van der Waals surface area (Å²) in [5.74, 6) is 0. The lowest BCUT2D eigenvalue weighted by atomic mass is 9.90. The zero-order chi connectivity index (χ0) is 29.6. The predicted octanol–water partition coefficient (Wildman–Crippen LogP) is 5.82. The van der Waals surface area contributed by atoms with Gasteiger partial charge in [0.15, 0.2) is 5.65 Å². The minimum atomic E-state index is -3.55. The summed E-state index contributed by atoms with van der Waals surface area (Å²) in [6, 6.07) is 16.2. The zero-order valence-corrected chi connectivity index (χ0v) is 26.0. The van der Waals surface area contributed by atoms with Crippen molar-refractivity contribution in [2.75, 3.05) is 33.3 Å². The number of rotatable bonds is 6. The summed E-state index contributed by atoms with van der Waals surface area (Å²) >= 11 is 0. The van der Waals surface area contributed by atoms with Gasteiger partial charge in [0.2, 0.25) is 10.0 Å². The third-order valence-electron chi connectivity index (χ3n) is 10.2. The summed E-state index contributed by atoms with van der Waals surface area (Å²) < 4.78 is 33.5. The molecule has 2 aliphatic heterocycles. The van der Waals surface area contributed by atoms with Crippen LogP contribution in [0.2, 0.25) is 0 Å². The maximum absolute atomic E-state index is 13.3. The molecule has 0 saturated carbocycles. The van der Waals surface area contributed by atoms with Crippen molar-refractivity contribution in [2.24, 2.45) is 0 Å². The number of fused-ring (bicyclic) bond motifs is 2. The molecule has 8 nitrogen and oxygen atoms in total. The van der Waals surface area contributed by atoms with Crippen molar-refractivity contribution in [3.8, 4) is 22.4 Å². The maximum Gasteiger partial charge on any atom is 0.243 e. The Morgan fingerprint density at radius 1 is 0.884 bits per heavy atom. The van der Waals surface area contributed by atoms with E-state index in [-0.39, 0.29) is 11.6 Å². The number of likely N-dealkylation sites (tertiary alicyclic amines) is 1. The van der Waals surface area contributed by atoms with Crippen LogP contribution in [-0.2, 0) is 27.6 Å². The second kappa shape index (κ2) is 11.4. The van der Waals surface area contributed by atoms with Crippen LogP contribution in [0.15, 0.2) is 59.6 Å². The van der Waals surface area contributed by atoms with Crippen LogP contribution in [0.5, 0.6) is 0 Å². The molecule has 2 aromatic heterocycles. The van der Waals surface area contributed by atoms with Crippen molar-refractivity contribution in [2.45, 2.75) is 74.8 Å². The number of aryl methyl sites for hydroxylation is 2. The molecule has 7 rings (SSSR count). The summed E-state index contributed by atoms with van der Waals surface area (Å²) in [6.07, 6.45) is 10.8. The molecule has 0 bridgehead atoms. The first-order valence-corrected chi connectivity index (χ1v) is 17.1. The second-order valence-electron chi connectivity index (χ2n) is 12.7. The van der Waals surface area contributed by atoms with Crippen LogP contribution in [0.1, 0.15) is 56.6 Å². The van der Waals surface area contributed by atoms with Crippen molar-refractivity contribution >= 4 is 21.1 Å². The molecule has 43 heavy (non-hydrogen) atoms. The number of piperidine rings is 1. The minimum absolute atomic E-state index is 0.127. The molecule has 1 unspecified atom stereocenters. The van der Waals surface area contributed by atoms with Crippen LogP contribution < -0.4 is 0 Å². The first-order chi connectivity index (χ1) is 20.8. The van der Waals surface area contributed by atoms with Gasteiger partial charge in [-0.1, -0.05) is 30.3 Å². The van der Waals surface area contributed by atoms with Gasteiger partial charge in [-0.3, -0.25) is 10.00 Å². The summed E-state index contributed by atoms with van der Waals surface area (Å²) in [5, 5.41) is 8.51. The predicted molar refractivity (Wildman–Crippen MR) is 169 cm³/mol. The Balaban J connectivity index is 1.13. The van der Waals surface area contributed by atoms with Crippen LogP contribution in [0, 0.1) is 0 Å². The average molecular weight is 600 g/mol. The summed E-state index contributed by atoms with van der Waals surface area (Å²) in [6.45, 7) is 5.90. The summed E-state index contributed by atoms with van der Waals surface area (Å²) in [4.78, 5) is 7.71. The van der Waals surface area contributed by atoms with Crippen molar-refractivity contribution < 1.29 is 13.2 Å². The van der Waals surface area contributed by atoms with E-state index in [1.165, 1.54) is 55.5 Å². The minimum Gasteiger partial charge on any atom is -0.381 e. The van der Waals surface area contributed by atoms with E-state index in [0.29, 0.717) is 36.5 Å². The molecule has 0 amide bonds. The van der Waals surface area contributed by atoms with Crippen molar-refractivity contribution in [3.63, 3.8) is 0 Å². The number of ether oxygens (including phenoxy) is 1. The van der Waals surface area contributed by atoms with Gasteiger partial charge in [0.1, 0.15) is 0 Å². The van der Waals surface area contributed by atoms with E-state index in [2.05, 4.69) is 51.3 Å². The van der Waals surface area contributed by atoms with E-state index < -0.39 is 10.0 Å². The van der Waals surface area contributed by atoms with Crippen molar-refractivity contribution in [3.05, 3.63) is 65.9 Å². The molecule has 0 spiro atoms. The Morgan fingerprint density at radius 2 is 1.58 bits per heavy atom. The van der Waals surface area contributed by atoms with Gasteiger partial charge in [-0.2, -0.15) is 9.40 Å². The number of pyridine rings is 1. The van der Waals surface area contributed by atoms with Gasteiger partial charge in [-0.05, 0) is 106 Å². The lowest BCUT2D eigenvalue weighted by molar-refractivity contribution is 0.0604. The van der Waals surface area contributed by atoms with E-state index in [0.717, 1.165) is 35.0 Å². The lowest BCUT2D eigenvalue weighted by Gasteiger charge is -2.38. The van der Waals surface area contributed by atoms with E-state index >= 15 is 0 Å². The van der Waals surface area contributed by atoms with E-state index in [1.807, 2.05) is 18.3 Å². The Kier molecular flexibility index (Phi) is 7.62. The van der Waals surface area contributed by atoms with Gasteiger partial charge >= 0.3 is 0 Å². The number of hydrogen-bond acceptors (Lipinski definition) is 6. The third-order valence-corrected chi connectivity index (χ3v) is 12.1. The fourth-order valence-corrected chi connectivity index (χ4v) is 8.79. The molecule has 3 aliphatic rings. The number of aromatic amines is 1. The Bertz CT molecular complexity index is 1720. The molecule has 1 N–H and O–H groups in total. The van der Waals surface area contributed by atoms with Gasteiger partial charge in [0.05, 0.1) is 16.7 Å². The molecule has 1 aliphatic carbocycles. The molecule has 4 heterocycles. The third kappa shape index (κ3) is 5.41. The zero-order valence-electron chi connectivity index (χ0n) is 25.2. The maximum atomic E-state index is 13.3. The van der Waals surface area contributed by atoms with Crippen LogP contribution in [0.3, 0.4) is 0 Å². The van der Waals surface area contributed by atoms with Gasteiger partial charge in [-0.25, -0.2) is 13.4 Å². The average Bonchev–Trinajstić information content (AvgIpc) is 3.71. The van der Waals surface area contributed by atoms with Crippen molar-refractivity contribution in [1.82, 2.24) is 24.4 Å². The van der Waals surface area contributed by atoms with Gasteiger partial charge in [0, 0.05) is 48.4 Å². The van der Waals surface area contributed by atoms with Crippen LogP contribution in [-0.4, -0.2) is 77.7 Å². The summed E-state index contributed by atoms with van der Waals surface area (Å²) in [7, 11) is -1.87. The molecular formula is C34H41N5O3S. The van der Waals surface area contributed by atoms with Crippen LogP contribution in [0.4, 0.5) is 0 Å². The highest BCUT2D eigenvalue weighted by Crippen LogP contribution is 2.37. The highest BCUT2D eigenvalue weighted by Gasteiger charge is 2.35. The van der Waals surface area contributed by atoms with Crippen molar-refractivity contribution in [1.29, 1.82) is 0 Å². The molecule has 226 valence electrons. The lowest BCUT2D eigenvalue weighted by Crippen LogP contribution is -2.44. The molecule has 2 fully saturated rings. The topological polar surface area (TPSA) is 91.4 Å². The summed E-state index contributed by atoms with van der Waals surface area (Å²) in [5.41, 5.74) is 7.81. The standard InChI is InChI=1S/C34H41N5O3S/c1-34(38-17-3-4-18-38)15-11-24-5-6-26(21-27(24)12-16-34)28-22-31-32(36-37-33(31)35-23-28)25-7-9-30(10-8-25)43(40,41)39-19-13-29(42-2)14-20-39/h5-10,21-23,29H,3-4,11-20H2,1-2H3,(H,35,36,37). The molecule has 2 aromatic carbocycles. The number of sulfonamides is 1. The molecule has 0 radical (unpaired) electrons. The van der Waals surface area contributed by atoms with E-state index in [9.17, 15) is 8.42 Å². The molecule has 9 heteroatoms. The number of hydrogen-bond donors (Lipinski definition) is 1. The highest BCUT2D eigenvalue weighted by molar-refractivity contribution is 7.89. The van der Waals surface area contributed by atoms with Gasteiger partial charge in [-0.15, -0.1) is 0 Å². The number of nitrogens with zero attached hydrogens (tertiary/aromatic N) is 4. The Hall–Kier alpha value is -3.11. The quantitative estimate of drug-likeness (QED) is 0.281. The SMILES string of the molecule is COC1CCN(S(=O)(=O)c2ccc(-c3[nH]nc4ncc(-c5ccc6c(c5)CCC(C)(N5CCCC5)CC6)cc34)cc2)CC1. The van der Waals surface area contributed by atoms with E-state index in [1.54, 1.807) is 23.5 Å². The van der Waals surface area contributed by atoms with Gasteiger partial charge < -0.3 is 4.74 Å². The fraction of sp³-hybridized carbons (Fsp3) is 0.471. The normalized spacial score (nSPS) is 22.6. The van der Waals surface area contributed by atoms with Crippen LogP contribution >= 0.6 is 0 Å². The molecule has 4 aromatic rings. The molecule has 1 atom stereocenters. The fourth-order valence-electron chi connectivity index (χ4n) is 7.32. The second-order valence-corrected chi connectivity index (χ2v) is 14.7. The number of nitrogens with one attached hydrogen (secondary N) is 1. The molecular weight excluding hydrogens is 558 g/mol. The number of benzene rings is 2. The highest BCUT2D eigenvalue weighted by atomic mass is 32.2. The first-order valence-electron chi connectivity index (χ1n) is 15.7. The van der Waals surface area contributed by atoms with Gasteiger partial charge in [0.25, 0.3) is 0 Å². The molecule has 2 saturated heterocycles. The monoisotopic (exact) mass is 599 g/mol. The smallest absolute Gasteiger partial charge is 0.243 e. The van der Waals surface area contributed by atoms with E-state index in [4.69, 9.17) is 4.74 Å². The largest absolute Gasteiger partial charge is 0.381 e.